The SMILES string of the molecule is CS(=O)(=O)N1CCN(CCNC(=O)c2ccccc2C(F)(F)F)CC1.Cl. The van der Waals surface area contributed by atoms with Crippen molar-refractivity contribution in [3.05, 3.63) is 35.4 Å². The molecule has 1 aromatic carbocycles. The van der Waals surface area contributed by atoms with E-state index in [1.807, 2.05) is 4.90 Å². The predicted octanol–water partition coefficient (Wildman–Crippen LogP) is 1.43. The van der Waals surface area contributed by atoms with Gasteiger partial charge in [0.2, 0.25) is 10.0 Å². The minimum Gasteiger partial charge on any atom is -0.351 e. The Bertz CT molecular complexity index is 720. The van der Waals surface area contributed by atoms with Gasteiger partial charge in [-0.2, -0.15) is 17.5 Å². The number of halogens is 4. The number of hydrogen-bond acceptors (Lipinski definition) is 4. The van der Waals surface area contributed by atoms with Crippen LogP contribution in [0.3, 0.4) is 0 Å². The lowest BCUT2D eigenvalue weighted by molar-refractivity contribution is -0.137. The molecule has 0 unspecified atom stereocenters. The predicted molar refractivity (Wildman–Crippen MR) is 93.9 cm³/mol. The molecule has 1 aromatic rings. The number of hydrogen-bond donors (Lipinski definition) is 1. The molecule has 0 aliphatic carbocycles. The summed E-state index contributed by atoms with van der Waals surface area (Å²) in [4.78, 5) is 14.0. The molecule has 0 saturated carbocycles. The van der Waals surface area contributed by atoms with Gasteiger partial charge in [-0.1, -0.05) is 12.1 Å². The first-order valence-electron chi connectivity index (χ1n) is 7.71. The first-order chi connectivity index (χ1) is 11.6. The molecule has 26 heavy (non-hydrogen) atoms. The van der Waals surface area contributed by atoms with E-state index in [9.17, 15) is 26.4 Å². The second kappa shape index (κ2) is 9.03. The fourth-order valence-electron chi connectivity index (χ4n) is 2.64. The first kappa shape index (κ1) is 22.7. The van der Waals surface area contributed by atoms with Crippen LogP contribution in [0, 0.1) is 0 Å². The lowest BCUT2D eigenvalue weighted by Gasteiger charge is -2.33. The quantitative estimate of drug-likeness (QED) is 0.790. The number of nitrogens with one attached hydrogen (secondary N) is 1. The van der Waals surface area contributed by atoms with Gasteiger partial charge in [0.05, 0.1) is 17.4 Å². The highest BCUT2D eigenvalue weighted by Gasteiger charge is 2.34. The molecule has 6 nitrogen and oxygen atoms in total. The molecule has 0 atom stereocenters. The van der Waals surface area contributed by atoms with Crippen molar-refractivity contribution in [2.75, 3.05) is 45.5 Å². The molecular weight excluding hydrogens is 395 g/mol. The fraction of sp³-hybridized carbons (Fsp3) is 0.533. The van der Waals surface area contributed by atoms with Crippen LogP contribution in [0.2, 0.25) is 0 Å². The van der Waals surface area contributed by atoms with Gasteiger partial charge in [-0.25, -0.2) is 8.42 Å². The maximum atomic E-state index is 12.9. The van der Waals surface area contributed by atoms with Gasteiger partial charge in [-0.05, 0) is 12.1 Å². The van der Waals surface area contributed by atoms with Gasteiger partial charge in [0, 0.05) is 39.3 Å². The van der Waals surface area contributed by atoms with Crippen LogP contribution in [0.4, 0.5) is 13.2 Å². The molecule has 1 saturated heterocycles. The Morgan fingerprint density at radius 1 is 1.15 bits per heavy atom. The van der Waals surface area contributed by atoms with Crippen LogP contribution in [-0.4, -0.2) is 69.1 Å². The van der Waals surface area contributed by atoms with Crippen LogP contribution in [0.1, 0.15) is 15.9 Å². The second-order valence-corrected chi connectivity index (χ2v) is 7.79. The third kappa shape index (κ3) is 6.11. The topological polar surface area (TPSA) is 69.7 Å². The van der Waals surface area contributed by atoms with Crippen molar-refractivity contribution in [1.29, 1.82) is 0 Å². The van der Waals surface area contributed by atoms with Crippen LogP contribution >= 0.6 is 12.4 Å². The summed E-state index contributed by atoms with van der Waals surface area (Å²) in [6.07, 6.45) is -3.43. The van der Waals surface area contributed by atoms with Crippen molar-refractivity contribution in [3.8, 4) is 0 Å². The molecule has 0 spiro atoms. The normalized spacial score (nSPS) is 16.8. The number of rotatable bonds is 5. The summed E-state index contributed by atoms with van der Waals surface area (Å²) in [5, 5.41) is 2.49. The van der Waals surface area contributed by atoms with Crippen molar-refractivity contribution >= 4 is 28.3 Å². The number of sulfonamides is 1. The number of amides is 1. The van der Waals surface area contributed by atoms with Crippen LogP contribution in [0.5, 0.6) is 0 Å². The number of alkyl halides is 3. The van der Waals surface area contributed by atoms with E-state index in [1.165, 1.54) is 16.4 Å². The summed E-state index contributed by atoms with van der Waals surface area (Å²) in [5.74, 6) is -0.775. The van der Waals surface area contributed by atoms with E-state index >= 15 is 0 Å². The smallest absolute Gasteiger partial charge is 0.351 e. The van der Waals surface area contributed by atoms with Crippen LogP contribution in [0.25, 0.3) is 0 Å². The molecule has 2 rings (SSSR count). The van der Waals surface area contributed by atoms with Gasteiger partial charge >= 0.3 is 6.18 Å². The van der Waals surface area contributed by atoms with E-state index in [2.05, 4.69) is 5.32 Å². The molecule has 11 heteroatoms. The van der Waals surface area contributed by atoms with Gasteiger partial charge in [0.25, 0.3) is 5.91 Å². The highest BCUT2D eigenvalue weighted by Crippen LogP contribution is 2.31. The number of nitrogens with zero attached hydrogens (tertiary/aromatic N) is 2. The zero-order chi connectivity index (χ0) is 18.7. The highest BCUT2D eigenvalue weighted by atomic mass is 35.5. The van der Waals surface area contributed by atoms with Gasteiger partial charge in [0.1, 0.15) is 0 Å². The summed E-state index contributed by atoms with van der Waals surface area (Å²) in [6.45, 7) is 2.39. The number of carbonyl (C=O) groups is 1. The van der Waals surface area contributed by atoms with E-state index < -0.39 is 33.2 Å². The maximum absolute atomic E-state index is 12.9. The molecule has 1 N–H and O–H groups in total. The molecule has 1 heterocycles. The zero-order valence-corrected chi connectivity index (χ0v) is 15.8. The Hall–Kier alpha value is -1.36. The van der Waals surface area contributed by atoms with Crippen molar-refractivity contribution < 1.29 is 26.4 Å². The Balaban J connectivity index is 0.00000338. The Morgan fingerprint density at radius 3 is 2.27 bits per heavy atom. The van der Waals surface area contributed by atoms with E-state index in [1.54, 1.807) is 0 Å². The second-order valence-electron chi connectivity index (χ2n) is 5.80. The molecule has 0 aromatic heterocycles. The van der Waals surface area contributed by atoms with Crippen molar-refractivity contribution in [2.45, 2.75) is 6.18 Å². The summed E-state index contributed by atoms with van der Waals surface area (Å²) in [6, 6.07) is 4.64. The molecule has 1 fully saturated rings. The van der Waals surface area contributed by atoms with Crippen molar-refractivity contribution in [3.63, 3.8) is 0 Å². The van der Waals surface area contributed by atoms with Crippen molar-refractivity contribution in [2.24, 2.45) is 0 Å². The Morgan fingerprint density at radius 2 is 1.73 bits per heavy atom. The molecule has 1 amide bonds. The molecular formula is C15H21ClF3N3O3S. The van der Waals surface area contributed by atoms with Gasteiger partial charge < -0.3 is 5.32 Å². The third-order valence-electron chi connectivity index (χ3n) is 3.99. The minimum atomic E-state index is -4.59. The highest BCUT2D eigenvalue weighted by molar-refractivity contribution is 7.88. The molecule has 1 aliphatic heterocycles. The number of piperazine rings is 1. The molecule has 1 aliphatic rings. The van der Waals surface area contributed by atoms with Crippen molar-refractivity contribution in [1.82, 2.24) is 14.5 Å². The van der Waals surface area contributed by atoms with Gasteiger partial charge in [-0.15, -0.1) is 12.4 Å². The van der Waals surface area contributed by atoms with E-state index in [4.69, 9.17) is 0 Å². The van der Waals surface area contributed by atoms with Crippen LogP contribution in [-0.2, 0) is 16.2 Å². The molecule has 0 radical (unpaired) electrons. The summed E-state index contributed by atoms with van der Waals surface area (Å²) in [7, 11) is -3.21. The summed E-state index contributed by atoms with van der Waals surface area (Å²) in [5.41, 5.74) is -1.37. The lowest BCUT2D eigenvalue weighted by Crippen LogP contribution is -2.49. The monoisotopic (exact) mass is 415 g/mol. The average molecular weight is 416 g/mol. The summed E-state index contributed by atoms with van der Waals surface area (Å²) >= 11 is 0. The third-order valence-corrected chi connectivity index (χ3v) is 5.29. The number of carbonyl (C=O) groups excluding carboxylic acids is 1. The number of benzene rings is 1. The lowest BCUT2D eigenvalue weighted by atomic mass is 10.1. The summed E-state index contributed by atoms with van der Waals surface area (Å²) < 4.78 is 63.0. The zero-order valence-electron chi connectivity index (χ0n) is 14.1. The Kier molecular flexibility index (Phi) is 7.87. The van der Waals surface area contributed by atoms with E-state index in [0.717, 1.165) is 18.4 Å². The first-order valence-corrected chi connectivity index (χ1v) is 9.56. The Labute approximate surface area is 156 Å². The van der Waals surface area contributed by atoms with E-state index in [0.29, 0.717) is 32.7 Å². The van der Waals surface area contributed by atoms with E-state index in [-0.39, 0.29) is 19.0 Å². The van der Waals surface area contributed by atoms with Gasteiger partial charge in [-0.3, -0.25) is 9.69 Å². The fourth-order valence-corrected chi connectivity index (χ4v) is 3.46. The average Bonchev–Trinajstić information content (AvgIpc) is 2.53. The van der Waals surface area contributed by atoms with Crippen LogP contribution < -0.4 is 5.32 Å². The van der Waals surface area contributed by atoms with Crippen LogP contribution in [0.15, 0.2) is 24.3 Å². The molecule has 148 valence electrons. The van der Waals surface area contributed by atoms with Gasteiger partial charge in [0.15, 0.2) is 0 Å². The standard InChI is InChI=1S/C15H20F3N3O3S.ClH/c1-25(23,24)21-10-8-20(9-11-21)7-6-19-14(22)12-4-2-3-5-13(12)15(16,17)18;/h2-5H,6-11H2,1H3,(H,19,22);1H. The minimum absolute atomic E-state index is 0. The maximum Gasteiger partial charge on any atom is 0.417 e. The molecule has 0 bridgehead atoms. The largest absolute Gasteiger partial charge is 0.417 e.